The molecule has 2 unspecified atom stereocenters. The predicted molar refractivity (Wildman–Crippen MR) is 77.9 cm³/mol. The Balaban J connectivity index is 2.35. The lowest BCUT2D eigenvalue weighted by Gasteiger charge is -2.42. The van der Waals surface area contributed by atoms with Crippen molar-refractivity contribution in [3.05, 3.63) is 16.1 Å². The van der Waals surface area contributed by atoms with Crippen LogP contribution in [-0.4, -0.2) is 28.0 Å². The van der Waals surface area contributed by atoms with E-state index in [-0.39, 0.29) is 17.6 Å². The first kappa shape index (κ1) is 14.0. The number of nitrogens with two attached hydrogens (primary N) is 1. The van der Waals surface area contributed by atoms with Crippen LogP contribution in [0, 0.1) is 6.92 Å². The van der Waals surface area contributed by atoms with Gasteiger partial charge in [0.05, 0.1) is 16.7 Å². The Labute approximate surface area is 114 Å². The van der Waals surface area contributed by atoms with Crippen LogP contribution in [-0.2, 0) is 0 Å². The van der Waals surface area contributed by atoms with Crippen LogP contribution in [0.15, 0.2) is 5.38 Å². The van der Waals surface area contributed by atoms with Crippen LogP contribution in [0.3, 0.4) is 0 Å². The van der Waals surface area contributed by atoms with E-state index in [4.69, 9.17) is 5.73 Å². The summed E-state index contributed by atoms with van der Waals surface area (Å²) in [6.45, 7) is 10.0. The number of hydrogen-bond donors (Lipinski definition) is 1. The summed E-state index contributed by atoms with van der Waals surface area (Å²) in [7, 11) is 0. The van der Waals surface area contributed by atoms with Crippen LogP contribution in [0.2, 0.25) is 0 Å². The molecule has 1 saturated heterocycles. The van der Waals surface area contributed by atoms with Gasteiger partial charge in [0.2, 0.25) is 0 Å². The van der Waals surface area contributed by atoms with E-state index in [9.17, 15) is 0 Å². The fourth-order valence-electron chi connectivity index (χ4n) is 2.84. The second-order valence-corrected chi connectivity index (χ2v) is 7.32. The maximum atomic E-state index is 6.43. The highest BCUT2D eigenvalue weighted by Crippen LogP contribution is 2.34. The molecule has 2 atom stereocenters. The van der Waals surface area contributed by atoms with E-state index >= 15 is 0 Å². The van der Waals surface area contributed by atoms with E-state index in [0.29, 0.717) is 0 Å². The van der Waals surface area contributed by atoms with Crippen molar-refractivity contribution in [2.45, 2.75) is 64.6 Å². The van der Waals surface area contributed by atoms with E-state index in [2.05, 4.69) is 43.0 Å². The molecular weight excluding hydrogens is 242 g/mol. The van der Waals surface area contributed by atoms with Gasteiger partial charge in [0, 0.05) is 17.0 Å². The first-order valence-corrected chi connectivity index (χ1v) is 7.72. The van der Waals surface area contributed by atoms with Crippen molar-refractivity contribution in [3.8, 4) is 0 Å². The molecule has 0 aliphatic carbocycles. The summed E-state index contributed by atoms with van der Waals surface area (Å²) < 4.78 is 0. The summed E-state index contributed by atoms with van der Waals surface area (Å²) in [4.78, 5) is 7.23. The molecule has 0 bridgehead atoms. The molecular formula is C14H25N3S. The van der Waals surface area contributed by atoms with E-state index in [0.717, 1.165) is 18.0 Å². The van der Waals surface area contributed by atoms with Crippen LogP contribution in [0.5, 0.6) is 0 Å². The number of aromatic nitrogens is 1. The number of hydrogen-bond acceptors (Lipinski definition) is 4. The van der Waals surface area contributed by atoms with Crippen molar-refractivity contribution in [3.63, 3.8) is 0 Å². The third-order valence-electron chi connectivity index (χ3n) is 3.73. The van der Waals surface area contributed by atoms with Crippen LogP contribution >= 0.6 is 11.3 Å². The zero-order chi connectivity index (χ0) is 13.3. The number of aryl methyl sites for hydroxylation is 1. The molecule has 1 aromatic heterocycles. The molecule has 2 rings (SSSR count). The Morgan fingerprint density at radius 3 is 2.67 bits per heavy atom. The van der Waals surface area contributed by atoms with E-state index in [1.807, 2.05) is 0 Å². The minimum Gasteiger partial charge on any atom is -0.326 e. The molecule has 18 heavy (non-hydrogen) atoms. The summed E-state index contributed by atoms with van der Waals surface area (Å²) in [5.74, 6) is 0. The van der Waals surface area contributed by atoms with E-state index in [1.165, 1.54) is 18.5 Å². The second kappa shape index (κ2) is 5.27. The minimum atomic E-state index is 0.143. The summed E-state index contributed by atoms with van der Waals surface area (Å²) in [6.07, 6.45) is 3.58. The molecule has 1 aliphatic heterocycles. The van der Waals surface area contributed by atoms with E-state index in [1.54, 1.807) is 11.3 Å². The third-order valence-corrected chi connectivity index (χ3v) is 4.52. The van der Waals surface area contributed by atoms with Gasteiger partial charge in [0.1, 0.15) is 0 Å². The van der Waals surface area contributed by atoms with Gasteiger partial charge in [-0.1, -0.05) is 6.42 Å². The summed E-state index contributed by atoms with van der Waals surface area (Å²) >= 11 is 1.73. The van der Waals surface area contributed by atoms with Gasteiger partial charge in [-0.3, -0.25) is 4.90 Å². The van der Waals surface area contributed by atoms with Gasteiger partial charge >= 0.3 is 0 Å². The van der Waals surface area contributed by atoms with Gasteiger partial charge in [0.25, 0.3) is 0 Å². The lowest BCUT2D eigenvalue weighted by molar-refractivity contribution is 0.0735. The SMILES string of the molecule is Cc1nc(C2C(N)CCCCN2C(C)(C)C)cs1. The zero-order valence-corrected chi connectivity index (χ0v) is 12.8. The first-order chi connectivity index (χ1) is 8.39. The highest BCUT2D eigenvalue weighted by molar-refractivity contribution is 7.09. The van der Waals surface area contributed by atoms with Gasteiger partial charge in [-0.25, -0.2) is 4.98 Å². The predicted octanol–water partition coefficient (Wildman–Crippen LogP) is 3.10. The van der Waals surface area contributed by atoms with Crippen molar-refractivity contribution >= 4 is 11.3 Å². The lowest BCUT2D eigenvalue weighted by atomic mass is 9.96. The molecule has 1 aromatic rings. The van der Waals surface area contributed by atoms with E-state index < -0.39 is 0 Å². The summed E-state index contributed by atoms with van der Waals surface area (Å²) in [6, 6.07) is 0.477. The van der Waals surface area contributed by atoms with Gasteiger partial charge in [0.15, 0.2) is 0 Å². The number of likely N-dealkylation sites (tertiary alicyclic amines) is 1. The molecule has 1 fully saturated rings. The third kappa shape index (κ3) is 2.92. The van der Waals surface area contributed by atoms with Gasteiger partial charge in [-0.15, -0.1) is 11.3 Å². The minimum absolute atomic E-state index is 0.143. The molecule has 0 saturated carbocycles. The molecule has 3 nitrogen and oxygen atoms in total. The van der Waals surface area contributed by atoms with Crippen molar-refractivity contribution in [2.75, 3.05) is 6.54 Å². The maximum absolute atomic E-state index is 6.43. The van der Waals surface area contributed by atoms with Gasteiger partial charge < -0.3 is 5.73 Å². The monoisotopic (exact) mass is 267 g/mol. The highest BCUT2D eigenvalue weighted by atomic mass is 32.1. The Morgan fingerprint density at radius 2 is 2.11 bits per heavy atom. The molecule has 2 heterocycles. The van der Waals surface area contributed by atoms with Crippen LogP contribution < -0.4 is 5.73 Å². The Morgan fingerprint density at radius 1 is 1.39 bits per heavy atom. The van der Waals surface area contributed by atoms with Crippen LogP contribution in [0.4, 0.5) is 0 Å². The summed E-state index contributed by atoms with van der Waals surface area (Å²) in [5, 5.41) is 3.32. The normalized spacial score (nSPS) is 27.2. The van der Waals surface area contributed by atoms with Gasteiger partial charge in [-0.2, -0.15) is 0 Å². The molecule has 0 spiro atoms. The van der Waals surface area contributed by atoms with Crippen LogP contribution in [0.1, 0.15) is 56.8 Å². The molecule has 2 N–H and O–H groups in total. The first-order valence-electron chi connectivity index (χ1n) is 6.84. The topological polar surface area (TPSA) is 42.1 Å². The quantitative estimate of drug-likeness (QED) is 0.850. The number of rotatable bonds is 1. The Hall–Kier alpha value is -0.450. The smallest absolute Gasteiger partial charge is 0.0898 e. The number of thiazole rings is 1. The van der Waals surface area contributed by atoms with Crippen LogP contribution in [0.25, 0.3) is 0 Å². The Bertz CT molecular complexity index is 394. The standard InChI is InChI=1S/C14H25N3S/c1-10-16-12(9-18-10)13-11(15)7-5-6-8-17(13)14(2,3)4/h9,11,13H,5-8,15H2,1-4H3. The average Bonchev–Trinajstić information content (AvgIpc) is 2.56. The molecule has 0 radical (unpaired) electrons. The largest absolute Gasteiger partial charge is 0.326 e. The summed E-state index contributed by atoms with van der Waals surface area (Å²) in [5.41, 5.74) is 7.74. The highest BCUT2D eigenvalue weighted by Gasteiger charge is 2.36. The Kier molecular flexibility index (Phi) is 4.09. The maximum Gasteiger partial charge on any atom is 0.0898 e. The lowest BCUT2D eigenvalue weighted by Crippen LogP contribution is -2.49. The molecule has 4 heteroatoms. The molecule has 0 aromatic carbocycles. The fourth-order valence-corrected chi connectivity index (χ4v) is 3.48. The van der Waals surface area contributed by atoms with Gasteiger partial charge in [-0.05, 0) is 47.1 Å². The van der Waals surface area contributed by atoms with Crippen molar-refractivity contribution in [1.29, 1.82) is 0 Å². The van der Waals surface area contributed by atoms with Crippen molar-refractivity contribution in [1.82, 2.24) is 9.88 Å². The molecule has 102 valence electrons. The fraction of sp³-hybridized carbons (Fsp3) is 0.786. The average molecular weight is 267 g/mol. The van der Waals surface area contributed by atoms with Crippen molar-refractivity contribution in [2.24, 2.45) is 5.73 Å². The number of nitrogens with zero attached hydrogens (tertiary/aromatic N) is 2. The zero-order valence-electron chi connectivity index (χ0n) is 11.9. The molecule has 0 amide bonds. The molecule has 1 aliphatic rings. The van der Waals surface area contributed by atoms with Crippen molar-refractivity contribution < 1.29 is 0 Å². The second-order valence-electron chi connectivity index (χ2n) is 6.26.